The van der Waals surface area contributed by atoms with Gasteiger partial charge in [0, 0.05) is 0 Å². The van der Waals surface area contributed by atoms with Crippen LogP contribution < -0.4 is 4.74 Å². The lowest BCUT2D eigenvalue weighted by molar-refractivity contribution is -0.139. The average Bonchev–Trinajstić information content (AvgIpc) is 2.49. The summed E-state index contributed by atoms with van der Waals surface area (Å²) in [6.07, 6.45) is 1.18. The zero-order valence-electron chi connectivity index (χ0n) is 14.4. The summed E-state index contributed by atoms with van der Waals surface area (Å²) < 4.78 is 5.24. The first-order valence-electron chi connectivity index (χ1n) is 8.25. The van der Waals surface area contributed by atoms with Gasteiger partial charge in [0.25, 0.3) is 0 Å². The minimum absolute atomic E-state index is 0.312. The van der Waals surface area contributed by atoms with Crippen LogP contribution in [0.5, 0.6) is 5.75 Å². The van der Waals surface area contributed by atoms with Gasteiger partial charge >= 0.3 is 5.97 Å². The molecule has 0 saturated heterocycles. The number of hydrogen-bond donors (Lipinski definition) is 1. The lowest BCUT2D eigenvalue weighted by atomic mass is 9.81. The van der Waals surface area contributed by atoms with Crippen LogP contribution in [0.3, 0.4) is 0 Å². The van der Waals surface area contributed by atoms with Crippen molar-refractivity contribution in [1.29, 1.82) is 0 Å². The molecule has 0 aliphatic heterocycles. The van der Waals surface area contributed by atoms with E-state index in [1.54, 1.807) is 0 Å². The van der Waals surface area contributed by atoms with E-state index in [4.69, 9.17) is 9.84 Å². The van der Waals surface area contributed by atoms with Crippen molar-refractivity contribution in [3.05, 3.63) is 42.0 Å². The SMILES string of the molecule is CC(C)CC(c1ccc2cc(OCC(=O)O)ccc2c1)C(C)C. The highest BCUT2D eigenvalue weighted by Gasteiger charge is 2.17. The molecule has 0 saturated carbocycles. The largest absolute Gasteiger partial charge is 0.482 e. The van der Waals surface area contributed by atoms with Crippen LogP contribution in [0, 0.1) is 11.8 Å². The van der Waals surface area contributed by atoms with Crippen molar-refractivity contribution < 1.29 is 14.6 Å². The first-order chi connectivity index (χ1) is 10.9. The number of carboxylic acid groups (broad SMARTS) is 1. The molecular formula is C20H26O3. The van der Waals surface area contributed by atoms with Crippen LogP contribution in [0.4, 0.5) is 0 Å². The third-order valence-corrected chi connectivity index (χ3v) is 4.16. The van der Waals surface area contributed by atoms with Crippen LogP contribution in [0.1, 0.15) is 45.6 Å². The number of ether oxygens (including phenoxy) is 1. The number of carboxylic acids is 1. The Morgan fingerprint density at radius 1 is 1.04 bits per heavy atom. The van der Waals surface area contributed by atoms with Gasteiger partial charge in [0.2, 0.25) is 0 Å². The summed E-state index contributed by atoms with van der Waals surface area (Å²) in [5.41, 5.74) is 1.38. The molecule has 0 bridgehead atoms. The zero-order chi connectivity index (χ0) is 17.0. The summed E-state index contributed by atoms with van der Waals surface area (Å²) in [6.45, 7) is 8.78. The molecule has 2 rings (SSSR count). The minimum Gasteiger partial charge on any atom is -0.482 e. The van der Waals surface area contributed by atoms with E-state index in [0.29, 0.717) is 23.5 Å². The van der Waals surface area contributed by atoms with E-state index in [-0.39, 0.29) is 6.61 Å². The second-order valence-corrected chi connectivity index (χ2v) is 6.93. The molecule has 0 spiro atoms. The van der Waals surface area contributed by atoms with Crippen molar-refractivity contribution in [3.63, 3.8) is 0 Å². The number of aliphatic carboxylic acids is 1. The van der Waals surface area contributed by atoms with E-state index in [9.17, 15) is 4.79 Å². The molecule has 23 heavy (non-hydrogen) atoms. The van der Waals surface area contributed by atoms with Crippen molar-refractivity contribution in [2.75, 3.05) is 6.61 Å². The summed E-state index contributed by atoms with van der Waals surface area (Å²) in [5.74, 6) is 1.46. The van der Waals surface area contributed by atoms with Gasteiger partial charge in [-0.15, -0.1) is 0 Å². The summed E-state index contributed by atoms with van der Waals surface area (Å²) in [7, 11) is 0. The van der Waals surface area contributed by atoms with Crippen molar-refractivity contribution in [3.8, 4) is 5.75 Å². The maximum absolute atomic E-state index is 10.6. The van der Waals surface area contributed by atoms with Gasteiger partial charge in [-0.3, -0.25) is 0 Å². The van der Waals surface area contributed by atoms with E-state index in [1.807, 2.05) is 18.2 Å². The Morgan fingerprint density at radius 2 is 1.70 bits per heavy atom. The summed E-state index contributed by atoms with van der Waals surface area (Å²) in [6, 6.07) is 12.3. The average molecular weight is 314 g/mol. The first kappa shape index (κ1) is 17.3. The minimum atomic E-state index is -0.964. The fourth-order valence-corrected chi connectivity index (χ4v) is 3.01. The molecule has 3 heteroatoms. The van der Waals surface area contributed by atoms with Gasteiger partial charge in [0.15, 0.2) is 6.61 Å². The fourth-order valence-electron chi connectivity index (χ4n) is 3.01. The predicted molar refractivity (Wildman–Crippen MR) is 94.1 cm³/mol. The van der Waals surface area contributed by atoms with Gasteiger partial charge < -0.3 is 9.84 Å². The van der Waals surface area contributed by atoms with Crippen LogP contribution in [-0.4, -0.2) is 17.7 Å². The van der Waals surface area contributed by atoms with E-state index in [0.717, 1.165) is 5.39 Å². The van der Waals surface area contributed by atoms with Crippen LogP contribution in [0.2, 0.25) is 0 Å². The molecule has 0 aliphatic carbocycles. The molecule has 0 aromatic heterocycles. The highest BCUT2D eigenvalue weighted by atomic mass is 16.5. The highest BCUT2D eigenvalue weighted by molar-refractivity contribution is 5.84. The van der Waals surface area contributed by atoms with Gasteiger partial charge in [-0.1, -0.05) is 52.0 Å². The monoisotopic (exact) mass is 314 g/mol. The second kappa shape index (κ2) is 7.49. The van der Waals surface area contributed by atoms with Crippen LogP contribution >= 0.6 is 0 Å². The summed E-state index contributed by atoms with van der Waals surface area (Å²) in [4.78, 5) is 10.6. The number of benzene rings is 2. The Kier molecular flexibility index (Phi) is 5.64. The Labute approximate surface area is 138 Å². The van der Waals surface area contributed by atoms with E-state index in [2.05, 4.69) is 45.9 Å². The first-order valence-corrected chi connectivity index (χ1v) is 8.25. The number of hydrogen-bond acceptors (Lipinski definition) is 2. The number of carbonyl (C=O) groups is 1. The smallest absolute Gasteiger partial charge is 0.341 e. The number of fused-ring (bicyclic) bond motifs is 1. The normalized spacial score (nSPS) is 12.8. The highest BCUT2D eigenvalue weighted by Crippen LogP contribution is 2.33. The van der Waals surface area contributed by atoms with Crippen molar-refractivity contribution in [1.82, 2.24) is 0 Å². The fraction of sp³-hybridized carbons (Fsp3) is 0.450. The van der Waals surface area contributed by atoms with Gasteiger partial charge in [0.1, 0.15) is 5.75 Å². The van der Waals surface area contributed by atoms with Gasteiger partial charge in [-0.05, 0) is 52.6 Å². The molecule has 3 nitrogen and oxygen atoms in total. The van der Waals surface area contributed by atoms with E-state index < -0.39 is 5.97 Å². The predicted octanol–water partition coefficient (Wildman–Crippen LogP) is 5.09. The van der Waals surface area contributed by atoms with Crippen molar-refractivity contribution in [2.45, 2.75) is 40.0 Å². The maximum Gasteiger partial charge on any atom is 0.341 e. The molecule has 1 N–H and O–H groups in total. The third kappa shape index (κ3) is 4.72. The standard InChI is InChI=1S/C20H26O3/c1-13(2)9-19(14(3)4)17-6-5-16-11-18(23-12-20(21)22)8-7-15(16)10-17/h5-8,10-11,13-14,19H,9,12H2,1-4H3,(H,21,22). The molecule has 124 valence electrons. The number of rotatable bonds is 7. The Balaban J connectivity index is 2.28. The molecule has 0 aliphatic rings. The quantitative estimate of drug-likeness (QED) is 0.774. The molecule has 2 aromatic carbocycles. The van der Waals surface area contributed by atoms with Gasteiger partial charge in [-0.25, -0.2) is 4.79 Å². The van der Waals surface area contributed by atoms with Crippen LogP contribution in [0.25, 0.3) is 10.8 Å². The molecule has 0 radical (unpaired) electrons. The van der Waals surface area contributed by atoms with E-state index in [1.165, 1.54) is 17.4 Å². The zero-order valence-corrected chi connectivity index (χ0v) is 14.4. The van der Waals surface area contributed by atoms with Crippen molar-refractivity contribution in [2.24, 2.45) is 11.8 Å². The van der Waals surface area contributed by atoms with E-state index >= 15 is 0 Å². The maximum atomic E-state index is 10.6. The molecule has 2 aromatic rings. The molecule has 0 amide bonds. The summed E-state index contributed by atoms with van der Waals surface area (Å²) in [5, 5.41) is 10.9. The Bertz CT molecular complexity index is 674. The molecule has 1 unspecified atom stereocenters. The van der Waals surface area contributed by atoms with Crippen LogP contribution in [0.15, 0.2) is 36.4 Å². The Hall–Kier alpha value is -2.03. The van der Waals surface area contributed by atoms with Crippen LogP contribution in [-0.2, 0) is 4.79 Å². The van der Waals surface area contributed by atoms with Crippen molar-refractivity contribution >= 4 is 16.7 Å². The molecule has 0 fully saturated rings. The second-order valence-electron chi connectivity index (χ2n) is 6.93. The topological polar surface area (TPSA) is 46.5 Å². The Morgan fingerprint density at radius 3 is 2.30 bits per heavy atom. The molecule has 1 atom stereocenters. The molecular weight excluding hydrogens is 288 g/mol. The lowest BCUT2D eigenvalue weighted by Gasteiger charge is -2.23. The van der Waals surface area contributed by atoms with Gasteiger partial charge in [0.05, 0.1) is 0 Å². The lowest BCUT2D eigenvalue weighted by Crippen LogP contribution is -2.10. The summed E-state index contributed by atoms with van der Waals surface area (Å²) >= 11 is 0. The third-order valence-electron chi connectivity index (χ3n) is 4.16. The van der Waals surface area contributed by atoms with Gasteiger partial charge in [-0.2, -0.15) is 0 Å². The molecule has 0 heterocycles.